The summed E-state index contributed by atoms with van der Waals surface area (Å²) in [6.07, 6.45) is 1.73. The molecule has 1 aliphatic heterocycles. The number of nitrogens with two attached hydrogens (primary N) is 1. The molecule has 0 spiro atoms. The van der Waals surface area contributed by atoms with Crippen LogP contribution >= 0.6 is 0 Å². The first-order chi connectivity index (χ1) is 14.1. The second-order valence-electron chi connectivity index (χ2n) is 9.33. The van der Waals surface area contributed by atoms with Crippen molar-refractivity contribution in [3.8, 4) is 0 Å². The van der Waals surface area contributed by atoms with Crippen molar-refractivity contribution in [2.45, 2.75) is 71.5 Å². The van der Waals surface area contributed by atoms with Gasteiger partial charge in [-0.1, -0.05) is 32.0 Å². The number of hydrogen-bond donors (Lipinski definition) is 2. The van der Waals surface area contributed by atoms with Crippen molar-refractivity contribution in [2.24, 2.45) is 5.73 Å². The van der Waals surface area contributed by atoms with Gasteiger partial charge in [0.25, 0.3) is 5.91 Å². The molecule has 2 amide bonds. The SMILES string of the molecule is CC(C)c1cc(C(=O)Nc2ccccc2CN2CCCC2C(N)=O)nn1C(C)(C)C. The lowest BCUT2D eigenvalue weighted by Gasteiger charge is -2.23. The molecule has 7 heteroatoms. The number of likely N-dealkylation sites (tertiary alicyclic amines) is 1. The molecule has 0 bridgehead atoms. The molecule has 1 aromatic carbocycles. The van der Waals surface area contributed by atoms with Gasteiger partial charge in [-0.25, -0.2) is 0 Å². The highest BCUT2D eigenvalue weighted by atomic mass is 16.2. The maximum Gasteiger partial charge on any atom is 0.276 e. The number of nitrogens with one attached hydrogen (secondary N) is 1. The Bertz CT molecular complexity index is 926. The lowest BCUT2D eigenvalue weighted by Crippen LogP contribution is -2.39. The maximum atomic E-state index is 13.0. The smallest absolute Gasteiger partial charge is 0.276 e. The minimum absolute atomic E-state index is 0.213. The van der Waals surface area contributed by atoms with E-state index in [0.29, 0.717) is 12.2 Å². The number of carbonyl (C=O) groups is 2. The number of hydrogen-bond acceptors (Lipinski definition) is 4. The molecule has 0 saturated carbocycles. The topological polar surface area (TPSA) is 93.2 Å². The van der Waals surface area contributed by atoms with Crippen LogP contribution in [0.4, 0.5) is 5.69 Å². The molecular formula is C23H33N5O2. The molecule has 30 heavy (non-hydrogen) atoms. The largest absolute Gasteiger partial charge is 0.368 e. The molecule has 1 atom stereocenters. The monoisotopic (exact) mass is 411 g/mol. The van der Waals surface area contributed by atoms with E-state index in [-0.39, 0.29) is 29.3 Å². The number of para-hydroxylation sites is 1. The van der Waals surface area contributed by atoms with Gasteiger partial charge in [0.2, 0.25) is 5.91 Å². The van der Waals surface area contributed by atoms with Crippen LogP contribution < -0.4 is 11.1 Å². The highest BCUT2D eigenvalue weighted by Gasteiger charge is 2.29. The maximum absolute atomic E-state index is 13.0. The molecule has 3 N–H and O–H groups in total. The van der Waals surface area contributed by atoms with Gasteiger partial charge in [0, 0.05) is 17.9 Å². The van der Waals surface area contributed by atoms with Crippen LogP contribution in [0.1, 0.15) is 75.1 Å². The fourth-order valence-electron chi connectivity index (χ4n) is 3.98. The lowest BCUT2D eigenvalue weighted by atomic mass is 10.1. The van der Waals surface area contributed by atoms with Gasteiger partial charge in [0.15, 0.2) is 5.69 Å². The number of anilines is 1. The van der Waals surface area contributed by atoms with E-state index in [4.69, 9.17) is 5.73 Å². The zero-order valence-electron chi connectivity index (χ0n) is 18.6. The molecule has 7 nitrogen and oxygen atoms in total. The highest BCUT2D eigenvalue weighted by Crippen LogP contribution is 2.26. The molecule has 0 aliphatic carbocycles. The van der Waals surface area contributed by atoms with Gasteiger partial charge in [0.05, 0.1) is 11.6 Å². The van der Waals surface area contributed by atoms with E-state index in [2.05, 4.69) is 49.9 Å². The Morgan fingerprint density at radius 3 is 2.57 bits per heavy atom. The van der Waals surface area contributed by atoms with E-state index in [1.807, 2.05) is 35.0 Å². The van der Waals surface area contributed by atoms with E-state index in [1.54, 1.807) is 0 Å². The predicted octanol–water partition coefficient (Wildman–Crippen LogP) is 3.46. The van der Waals surface area contributed by atoms with E-state index < -0.39 is 0 Å². The molecule has 1 fully saturated rings. The van der Waals surface area contributed by atoms with Crippen molar-refractivity contribution in [1.29, 1.82) is 0 Å². The number of benzene rings is 1. The second-order valence-corrected chi connectivity index (χ2v) is 9.33. The quantitative estimate of drug-likeness (QED) is 0.761. The van der Waals surface area contributed by atoms with E-state index in [1.165, 1.54) is 0 Å². The zero-order chi connectivity index (χ0) is 22.1. The Morgan fingerprint density at radius 1 is 1.27 bits per heavy atom. The number of primary amides is 1. The first-order valence-corrected chi connectivity index (χ1v) is 10.6. The zero-order valence-corrected chi connectivity index (χ0v) is 18.6. The van der Waals surface area contributed by atoms with Crippen LogP contribution in [0.25, 0.3) is 0 Å². The summed E-state index contributed by atoms with van der Waals surface area (Å²) in [6, 6.07) is 9.31. The Kier molecular flexibility index (Phi) is 6.31. The van der Waals surface area contributed by atoms with Crippen molar-refractivity contribution in [2.75, 3.05) is 11.9 Å². The molecule has 0 radical (unpaired) electrons. The first-order valence-electron chi connectivity index (χ1n) is 10.6. The standard InChI is InChI=1S/C23H33N5O2/c1-15(2)20-13-18(26-28(20)23(3,4)5)22(30)25-17-10-7-6-9-16(17)14-27-12-8-11-19(27)21(24)29/h6-7,9-10,13,15,19H,8,11-12,14H2,1-5H3,(H2,24,29)(H,25,30). The Balaban J connectivity index is 1.82. The summed E-state index contributed by atoms with van der Waals surface area (Å²) in [5.41, 5.74) is 8.46. The summed E-state index contributed by atoms with van der Waals surface area (Å²) >= 11 is 0. The molecule has 2 aromatic rings. The predicted molar refractivity (Wildman–Crippen MR) is 118 cm³/mol. The number of aromatic nitrogens is 2. The summed E-state index contributed by atoms with van der Waals surface area (Å²) < 4.78 is 1.93. The van der Waals surface area contributed by atoms with Crippen LogP contribution in [0.3, 0.4) is 0 Å². The first kappa shape index (κ1) is 22.0. The number of rotatable bonds is 6. The van der Waals surface area contributed by atoms with Crippen LogP contribution in [0, 0.1) is 0 Å². The summed E-state index contributed by atoms with van der Waals surface area (Å²) in [4.78, 5) is 26.8. The van der Waals surface area contributed by atoms with Gasteiger partial charge < -0.3 is 11.1 Å². The summed E-state index contributed by atoms with van der Waals surface area (Å²) in [5, 5.41) is 7.62. The highest BCUT2D eigenvalue weighted by molar-refractivity contribution is 6.03. The number of carbonyl (C=O) groups excluding carboxylic acids is 2. The van der Waals surface area contributed by atoms with Crippen LogP contribution in [0.5, 0.6) is 0 Å². The fourth-order valence-corrected chi connectivity index (χ4v) is 3.98. The second kappa shape index (κ2) is 8.60. The third kappa shape index (κ3) is 4.73. The van der Waals surface area contributed by atoms with Gasteiger partial charge in [-0.3, -0.25) is 19.2 Å². The molecular weight excluding hydrogens is 378 g/mol. The molecule has 3 rings (SSSR count). The number of amides is 2. The molecule has 162 valence electrons. The van der Waals surface area contributed by atoms with Crippen molar-refractivity contribution in [3.63, 3.8) is 0 Å². The Labute approximate surface area is 178 Å². The summed E-state index contributed by atoms with van der Waals surface area (Å²) in [5.74, 6) is -0.269. The minimum Gasteiger partial charge on any atom is -0.368 e. The molecule has 2 heterocycles. The molecule has 1 aromatic heterocycles. The molecule has 1 saturated heterocycles. The molecule has 1 unspecified atom stereocenters. The van der Waals surface area contributed by atoms with Crippen LogP contribution in [-0.2, 0) is 16.9 Å². The van der Waals surface area contributed by atoms with Gasteiger partial charge >= 0.3 is 0 Å². The Hall–Kier alpha value is -2.67. The van der Waals surface area contributed by atoms with Crippen molar-refractivity contribution in [3.05, 3.63) is 47.3 Å². The average molecular weight is 412 g/mol. The normalized spacial score (nSPS) is 17.5. The third-order valence-corrected chi connectivity index (χ3v) is 5.53. The van der Waals surface area contributed by atoms with E-state index in [0.717, 1.165) is 36.3 Å². The summed E-state index contributed by atoms with van der Waals surface area (Å²) in [6.45, 7) is 11.8. The van der Waals surface area contributed by atoms with Crippen LogP contribution in [-0.4, -0.2) is 39.1 Å². The van der Waals surface area contributed by atoms with Crippen molar-refractivity contribution < 1.29 is 9.59 Å². The van der Waals surface area contributed by atoms with Crippen LogP contribution in [0.2, 0.25) is 0 Å². The fraction of sp³-hybridized carbons (Fsp3) is 0.522. The lowest BCUT2D eigenvalue weighted by molar-refractivity contribution is -0.122. The molecule has 1 aliphatic rings. The summed E-state index contributed by atoms with van der Waals surface area (Å²) in [7, 11) is 0. The Morgan fingerprint density at radius 2 is 1.97 bits per heavy atom. The van der Waals surface area contributed by atoms with E-state index >= 15 is 0 Å². The average Bonchev–Trinajstić information content (AvgIpc) is 3.30. The van der Waals surface area contributed by atoms with Crippen molar-refractivity contribution >= 4 is 17.5 Å². The third-order valence-electron chi connectivity index (χ3n) is 5.53. The van der Waals surface area contributed by atoms with E-state index in [9.17, 15) is 9.59 Å². The van der Waals surface area contributed by atoms with Gasteiger partial charge in [0.1, 0.15) is 0 Å². The van der Waals surface area contributed by atoms with Gasteiger partial charge in [-0.2, -0.15) is 5.10 Å². The van der Waals surface area contributed by atoms with Gasteiger partial charge in [-0.15, -0.1) is 0 Å². The van der Waals surface area contributed by atoms with Crippen molar-refractivity contribution in [1.82, 2.24) is 14.7 Å². The van der Waals surface area contributed by atoms with Crippen LogP contribution in [0.15, 0.2) is 30.3 Å². The number of nitrogens with zero attached hydrogens (tertiary/aromatic N) is 3. The minimum atomic E-state index is -0.289. The van der Waals surface area contributed by atoms with Gasteiger partial charge in [-0.05, 0) is 63.8 Å².